The Morgan fingerprint density at radius 3 is 2.58 bits per heavy atom. The molecule has 3 heterocycles. The van der Waals surface area contributed by atoms with Gasteiger partial charge in [0.2, 0.25) is 17.7 Å². The highest BCUT2D eigenvalue weighted by Gasteiger charge is 2.44. The van der Waals surface area contributed by atoms with Crippen LogP contribution in [0.3, 0.4) is 0 Å². The van der Waals surface area contributed by atoms with Crippen molar-refractivity contribution in [1.29, 1.82) is 0 Å². The van der Waals surface area contributed by atoms with Crippen LogP contribution in [0.4, 0.5) is 0 Å². The molecule has 2 fully saturated rings. The van der Waals surface area contributed by atoms with Gasteiger partial charge in [0, 0.05) is 39.5 Å². The van der Waals surface area contributed by atoms with Crippen LogP contribution in [0.5, 0.6) is 0 Å². The fraction of sp³-hybridized carbons (Fsp3) is 0.625. The number of piperidine rings is 1. The molecule has 0 aromatic carbocycles. The third-order valence-corrected chi connectivity index (χ3v) is 4.93. The van der Waals surface area contributed by atoms with Crippen LogP contribution in [-0.4, -0.2) is 68.8 Å². The van der Waals surface area contributed by atoms with Crippen molar-refractivity contribution in [3.8, 4) is 0 Å². The minimum absolute atomic E-state index is 0.0455. The summed E-state index contributed by atoms with van der Waals surface area (Å²) in [5, 5.41) is 0. The fourth-order valence-corrected chi connectivity index (χ4v) is 3.62. The van der Waals surface area contributed by atoms with Crippen LogP contribution in [0, 0.1) is 5.92 Å². The number of hydrogen-bond acceptors (Lipinski definition) is 4. The van der Waals surface area contributed by atoms with Crippen molar-refractivity contribution in [2.45, 2.75) is 25.8 Å². The monoisotopic (exact) mass is 333 g/mol. The predicted octanol–water partition coefficient (Wildman–Crippen LogP) is -0.0222. The van der Waals surface area contributed by atoms with Crippen molar-refractivity contribution < 1.29 is 14.4 Å². The molecular weight excluding hydrogens is 310 g/mol. The highest BCUT2D eigenvalue weighted by atomic mass is 16.2. The number of likely N-dealkylation sites (N-methyl/N-ethyl adjacent to an activating group) is 1. The van der Waals surface area contributed by atoms with Gasteiger partial charge in [0.15, 0.2) is 0 Å². The van der Waals surface area contributed by atoms with E-state index in [9.17, 15) is 14.4 Å². The molecule has 130 valence electrons. The maximum Gasteiger partial charge on any atom is 0.243 e. The summed E-state index contributed by atoms with van der Waals surface area (Å²) in [5.74, 6) is 0.247. The standard InChI is InChI=1S/C16H23N5O3/c1-4-21-12(22)6-5-11(14(21)15-17-7-8-18(15)2)16(24)20-9-13(23)19(3)10-20/h7-8,11,14H,4-6,9-10H2,1-3H3/t11-,14-/m0/s1. The first kappa shape index (κ1) is 16.5. The Kier molecular flexibility index (Phi) is 4.29. The largest absolute Gasteiger partial charge is 0.336 e. The van der Waals surface area contributed by atoms with E-state index < -0.39 is 0 Å². The summed E-state index contributed by atoms with van der Waals surface area (Å²) in [6, 6.07) is -0.384. The van der Waals surface area contributed by atoms with E-state index in [0.717, 1.165) is 0 Å². The number of hydrogen-bond donors (Lipinski definition) is 0. The van der Waals surface area contributed by atoms with Crippen LogP contribution in [0.25, 0.3) is 0 Å². The zero-order valence-corrected chi connectivity index (χ0v) is 14.3. The number of aryl methyl sites for hydroxylation is 1. The van der Waals surface area contributed by atoms with Crippen LogP contribution in [-0.2, 0) is 21.4 Å². The van der Waals surface area contributed by atoms with E-state index in [1.807, 2.05) is 24.7 Å². The van der Waals surface area contributed by atoms with Gasteiger partial charge in [0.25, 0.3) is 0 Å². The van der Waals surface area contributed by atoms with Crippen LogP contribution in [0.2, 0.25) is 0 Å². The Bertz CT molecular complexity index is 670. The number of likely N-dealkylation sites (tertiary alicyclic amines) is 1. The van der Waals surface area contributed by atoms with Crippen molar-refractivity contribution in [1.82, 2.24) is 24.3 Å². The van der Waals surface area contributed by atoms with Gasteiger partial charge >= 0.3 is 0 Å². The Morgan fingerprint density at radius 1 is 1.29 bits per heavy atom. The minimum Gasteiger partial charge on any atom is -0.336 e. The molecule has 1 aromatic rings. The molecule has 0 spiro atoms. The van der Waals surface area contributed by atoms with E-state index >= 15 is 0 Å². The fourth-order valence-electron chi connectivity index (χ4n) is 3.62. The van der Waals surface area contributed by atoms with Crippen molar-refractivity contribution in [2.24, 2.45) is 13.0 Å². The molecule has 2 saturated heterocycles. The van der Waals surface area contributed by atoms with Crippen LogP contribution in [0.1, 0.15) is 31.6 Å². The molecule has 24 heavy (non-hydrogen) atoms. The maximum absolute atomic E-state index is 13.0. The van der Waals surface area contributed by atoms with Gasteiger partial charge in [-0.1, -0.05) is 0 Å². The van der Waals surface area contributed by atoms with Gasteiger partial charge in [0.05, 0.1) is 12.6 Å². The highest BCUT2D eigenvalue weighted by Crippen LogP contribution is 2.37. The summed E-state index contributed by atoms with van der Waals surface area (Å²) in [4.78, 5) is 46.4. The van der Waals surface area contributed by atoms with E-state index in [4.69, 9.17) is 0 Å². The molecule has 2 aliphatic rings. The average Bonchev–Trinajstić information content (AvgIpc) is 3.12. The molecule has 0 unspecified atom stereocenters. The molecule has 0 N–H and O–H groups in total. The Hall–Kier alpha value is -2.38. The van der Waals surface area contributed by atoms with Gasteiger partial charge in [-0.2, -0.15) is 0 Å². The number of aromatic nitrogens is 2. The smallest absolute Gasteiger partial charge is 0.243 e. The Labute approximate surface area is 141 Å². The van der Waals surface area contributed by atoms with E-state index in [1.165, 1.54) is 0 Å². The van der Waals surface area contributed by atoms with Crippen molar-refractivity contribution in [3.63, 3.8) is 0 Å². The molecule has 3 rings (SSSR count). The number of amides is 3. The first-order valence-electron chi connectivity index (χ1n) is 8.23. The molecule has 2 aliphatic heterocycles. The molecule has 2 atom stereocenters. The third-order valence-electron chi connectivity index (χ3n) is 4.93. The van der Waals surface area contributed by atoms with Crippen LogP contribution >= 0.6 is 0 Å². The van der Waals surface area contributed by atoms with Gasteiger partial charge in [-0.05, 0) is 13.3 Å². The Balaban J connectivity index is 1.92. The topological polar surface area (TPSA) is 78.8 Å². The molecular formula is C16H23N5O3. The summed E-state index contributed by atoms with van der Waals surface area (Å²) < 4.78 is 1.85. The van der Waals surface area contributed by atoms with Gasteiger partial charge in [0.1, 0.15) is 18.4 Å². The molecule has 8 heteroatoms. The second-order valence-electron chi connectivity index (χ2n) is 6.44. The molecule has 1 aromatic heterocycles. The lowest BCUT2D eigenvalue weighted by Gasteiger charge is -2.40. The first-order valence-corrected chi connectivity index (χ1v) is 8.23. The summed E-state index contributed by atoms with van der Waals surface area (Å²) in [5.41, 5.74) is 0. The van der Waals surface area contributed by atoms with Crippen molar-refractivity contribution in [2.75, 3.05) is 26.8 Å². The summed E-state index contributed by atoms with van der Waals surface area (Å²) in [7, 11) is 3.55. The zero-order chi connectivity index (χ0) is 17.4. The SMILES string of the molecule is CCN1C(=O)CC[C@H](C(=O)N2CC(=O)N(C)C2)[C@H]1c1nccn1C. The minimum atomic E-state index is -0.384. The van der Waals surface area contributed by atoms with Gasteiger partial charge in [-0.25, -0.2) is 4.98 Å². The maximum atomic E-state index is 13.0. The quantitative estimate of drug-likeness (QED) is 0.779. The third kappa shape index (κ3) is 2.65. The average molecular weight is 333 g/mol. The lowest BCUT2D eigenvalue weighted by Crippen LogP contribution is -2.49. The lowest BCUT2D eigenvalue weighted by molar-refractivity contribution is -0.148. The Morgan fingerprint density at radius 2 is 2.04 bits per heavy atom. The van der Waals surface area contributed by atoms with Gasteiger partial charge in [-0.15, -0.1) is 0 Å². The molecule has 8 nitrogen and oxygen atoms in total. The van der Waals surface area contributed by atoms with Gasteiger partial charge in [-0.3, -0.25) is 14.4 Å². The summed E-state index contributed by atoms with van der Waals surface area (Å²) in [6.07, 6.45) is 4.33. The molecule has 0 bridgehead atoms. The zero-order valence-electron chi connectivity index (χ0n) is 14.3. The summed E-state index contributed by atoms with van der Waals surface area (Å²) >= 11 is 0. The van der Waals surface area contributed by atoms with Crippen molar-refractivity contribution in [3.05, 3.63) is 18.2 Å². The van der Waals surface area contributed by atoms with Gasteiger partial charge < -0.3 is 19.3 Å². The lowest BCUT2D eigenvalue weighted by atomic mass is 9.86. The van der Waals surface area contributed by atoms with Crippen molar-refractivity contribution >= 4 is 17.7 Å². The van der Waals surface area contributed by atoms with E-state index in [1.54, 1.807) is 27.9 Å². The first-order chi connectivity index (χ1) is 11.4. The van der Waals surface area contributed by atoms with Crippen LogP contribution in [0.15, 0.2) is 12.4 Å². The predicted molar refractivity (Wildman–Crippen MR) is 85.4 cm³/mol. The van der Waals surface area contributed by atoms with E-state index in [0.29, 0.717) is 31.9 Å². The second kappa shape index (κ2) is 6.26. The molecule has 0 radical (unpaired) electrons. The molecule has 0 saturated carbocycles. The normalized spacial score (nSPS) is 24.9. The second-order valence-corrected chi connectivity index (χ2v) is 6.44. The van der Waals surface area contributed by atoms with E-state index in [-0.39, 0.29) is 36.2 Å². The van der Waals surface area contributed by atoms with E-state index in [2.05, 4.69) is 4.98 Å². The molecule has 0 aliphatic carbocycles. The summed E-state index contributed by atoms with van der Waals surface area (Å²) in [6.45, 7) is 2.85. The highest BCUT2D eigenvalue weighted by molar-refractivity contribution is 5.90. The number of carbonyl (C=O) groups is 3. The molecule has 3 amide bonds. The number of carbonyl (C=O) groups excluding carboxylic acids is 3. The number of nitrogens with zero attached hydrogens (tertiary/aromatic N) is 5. The number of rotatable bonds is 3. The van der Waals surface area contributed by atoms with Crippen LogP contribution < -0.4 is 0 Å². The number of imidazole rings is 1.